The maximum Gasteiger partial charge on any atom is 0.323 e. The number of alkyl halides is 1. The summed E-state index contributed by atoms with van der Waals surface area (Å²) in [6.45, 7) is 1.87. The number of benzene rings is 1. The van der Waals surface area contributed by atoms with Crippen LogP contribution in [0.3, 0.4) is 0 Å². The molecule has 144 valence electrons. The molecule has 0 aliphatic heterocycles. The van der Waals surface area contributed by atoms with E-state index in [1.165, 1.54) is 14.2 Å². The Morgan fingerprint density at radius 1 is 1.08 bits per heavy atom. The van der Waals surface area contributed by atoms with E-state index >= 15 is 0 Å². The van der Waals surface area contributed by atoms with Crippen LogP contribution in [0.4, 0.5) is 0 Å². The first-order valence-electron chi connectivity index (χ1n) is 8.22. The number of aryl methyl sites for hydroxylation is 1. The molecule has 1 aliphatic carbocycles. The lowest BCUT2D eigenvalue weighted by Crippen LogP contribution is -2.39. The van der Waals surface area contributed by atoms with Crippen LogP contribution in [-0.4, -0.2) is 46.2 Å². The van der Waals surface area contributed by atoms with Gasteiger partial charge in [-0.25, -0.2) is 8.42 Å². The number of halogens is 1. The van der Waals surface area contributed by atoms with Crippen LogP contribution in [0.15, 0.2) is 29.2 Å². The van der Waals surface area contributed by atoms with Crippen LogP contribution in [0.5, 0.6) is 0 Å². The molecule has 1 fully saturated rings. The number of methoxy groups -OCH3 is 2. The Morgan fingerprint density at radius 3 is 2.04 bits per heavy atom. The first-order valence-corrected chi connectivity index (χ1v) is 10.4. The molecule has 0 N–H and O–H groups in total. The molecular weight excluding hydrogens is 380 g/mol. The molecule has 1 aliphatic rings. The zero-order chi connectivity index (χ0) is 19.5. The highest BCUT2D eigenvalue weighted by Gasteiger charge is 2.57. The number of carbonyl (C=O) groups excluding carboxylic acids is 2. The smallest absolute Gasteiger partial charge is 0.323 e. The Balaban J connectivity index is 2.32. The summed E-state index contributed by atoms with van der Waals surface area (Å²) in [5, 5.41) is 0. The Labute approximate surface area is 158 Å². The van der Waals surface area contributed by atoms with Crippen molar-refractivity contribution in [3.8, 4) is 0 Å². The van der Waals surface area contributed by atoms with Gasteiger partial charge < -0.3 is 9.47 Å². The van der Waals surface area contributed by atoms with Gasteiger partial charge in [-0.2, -0.15) is 0 Å². The minimum Gasteiger partial charge on any atom is -0.468 e. The Hall–Kier alpha value is -1.60. The number of ether oxygens (including phenoxy) is 2. The zero-order valence-corrected chi connectivity index (χ0v) is 16.6. The summed E-state index contributed by atoms with van der Waals surface area (Å²) in [6.07, 6.45) is 0.152. The van der Waals surface area contributed by atoms with Crippen molar-refractivity contribution in [2.24, 2.45) is 17.3 Å². The quantitative estimate of drug-likeness (QED) is 0.412. The fraction of sp³-hybridized carbons (Fsp3) is 0.556. The van der Waals surface area contributed by atoms with Crippen LogP contribution in [0.2, 0.25) is 0 Å². The van der Waals surface area contributed by atoms with Crippen molar-refractivity contribution in [1.82, 2.24) is 0 Å². The van der Waals surface area contributed by atoms with E-state index in [2.05, 4.69) is 0 Å². The third-order valence-corrected chi connectivity index (χ3v) is 7.31. The average Bonchev–Trinajstić information content (AvgIpc) is 2.99. The van der Waals surface area contributed by atoms with Crippen molar-refractivity contribution in [1.29, 1.82) is 0 Å². The van der Waals surface area contributed by atoms with Crippen molar-refractivity contribution >= 4 is 33.4 Å². The molecule has 0 radical (unpaired) electrons. The summed E-state index contributed by atoms with van der Waals surface area (Å²) in [7, 11) is -1.19. The molecule has 2 rings (SSSR count). The van der Waals surface area contributed by atoms with Gasteiger partial charge in [0.1, 0.15) is 0 Å². The summed E-state index contributed by atoms with van der Waals surface area (Å²) in [5.74, 6) is -2.23. The molecule has 1 aromatic carbocycles. The van der Waals surface area contributed by atoms with Crippen molar-refractivity contribution in [2.75, 3.05) is 25.9 Å². The average molecular weight is 403 g/mol. The van der Waals surface area contributed by atoms with Crippen LogP contribution >= 0.6 is 11.6 Å². The molecule has 1 saturated carbocycles. The van der Waals surface area contributed by atoms with E-state index in [1.807, 2.05) is 6.92 Å². The predicted molar refractivity (Wildman–Crippen MR) is 96.6 cm³/mol. The third-order valence-electron chi connectivity index (χ3n) is 5.05. The lowest BCUT2D eigenvalue weighted by molar-refractivity contribution is -0.169. The zero-order valence-electron chi connectivity index (χ0n) is 15.0. The van der Waals surface area contributed by atoms with Gasteiger partial charge in [0.25, 0.3) is 0 Å². The molecule has 0 heterocycles. The molecular formula is C18H23ClO6S. The molecule has 0 aromatic heterocycles. The van der Waals surface area contributed by atoms with Gasteiger partial charge in [-0.15, -0.1) is 11.6 Å². The van der Waals surface area contributed by atoms with Crippen molar-refractivity contribution in [3.63, 3.8) is 0 Å². The highest BCUT2D eigenvalue weighted by atomic mass is 35.5. The van der Waals surface area contributed by atoms with Gasteiger partial charge in [0.2, 0.25) is 0 Å². The molecule has 0 amide bonds. The second-order valence-electron chi connectivity index (χ2n) is 6.74. The fourth-order valence-corrected chi connectivity index (χ4v) is 5.68. The maximum absolute atomic E-state index is 12.8. The largest absolute Gasteiger partial charge is 0.468 e. The van der Waals surface area contributed by atoms with Crippen LogP contribution in [-0.2, 0) is 28.9 Å². The van der Waals surface area contributed by atoms with Gasteiger partial charge in [-0.05, 0) is 43.7 Å². The molecule has 6 nitrogen and oxygen atoms in total. The van der Waals surface area contributed by atoms with E-state index in [0.717, 1.165) is 5.56 Å². The van der Waals surface area contributed by atoms with Gasteiger partial charge in [0.05, 0.1) is 24.9 Å². The number of hydrogen-bond acceptors (Lipinski definition) is 6. The van der Waals surface area contributed by atoms with Crippen molar-refractivity contribution in [2.45, 2.75) is 24.7 Å². The standard InChI is InChI=1S/C18H23ClO6S/c1-12-4-6-15(7-5-12)26(22,23)11-14-9-18(16(20)24-2,17(21)25-3)8-13(14)10-19/h4-7,13-14H,8-11H2,1-3H3. The second kappa shape index (κ2) is 7.96. The number of rotatable bonds is 6. The topological polar surface area (TPSA) is 86.7 Å². The van der Waals surface area contributed by atoms with Crippen LogP contribution in [0, 0.1) is 24.2 Å². The van der Waals surface area contributed by atoms with E-state index in [9.17, 15) is 18.0 Å². The Morgan fingerprint density at radius 2 is 1.58 bits per heavy atom. The Bertz CT molecular complexity index is 755. The summed E-state index contributed by atoms with van der Waals surface area (Å²) >= 11 is 6.02. The van der Waals surface area contributed by atoms with Crippen molar-refractivity contribution in [3.05, 3.63) is 29.8 Å². The minimum absolute atomic E-state index is 0.0365. The lowest BCUT2D eigenvalue weighted by Gasteiger charge is -2.23. The number of esters is 2. The SMILES string of the molecule is COC(=O)C1(C(=O)OC)CC(CCl)C(CS(=O)(=O)c2ccc(C)cc2)C1. The normalized spacial score (nSPS) is 22.0. The molecule has 0 spiro atoms. The first-order chi connectivity index (χ1) is 12.2. The number of carbonyl (C=O) groups is 2. The molecule has 8 heteroatoms. The molecule has 0 saturated heterocycles. The summed E-state index contributed by atoms with van der Waals surface area (Å²) in [5.41, 5.74) is -0.546. The fourth-order valence-electron chi connectivity index (χ4n) is 3.62. The molecule has 1 aromatic rings. The number of sulfone groups is 1. The Kier molecular flexibility index (Phi) is 6.34. The summed E-state index contributed by atoms with van der Waals surface area (Å²) < 4.78 is 35.1. The van der Waals surface area contributed by atoms with Crippen molar-refractivity contribution < 1.29 is 27.5 Å². The predicted octanol–water partition coefficient (Wildman–Crippen LogP) is 2.37. The van der Waals surface area contributed by atoms with Gasteiger partial charge in [-0.1, -0.05) is 17.7 Å². The van der Waals surface area contributed by atoms with Gasteiger partial charge >= 0.3 is 11.9 Å². The van der Waals surface area contributed by atoms with E-state index in [4.69, 9.17) is 21.1 Å². The highest BCUT2D eigenvalue weighted by Crippen LogP contribution is 2.48. The monoisotopic (exact) mass is 402 g/mol. The highest BCUT2D eigenvalue weighted by molar-refractivity contribution is 7.91. The first kappa shape index (κ1) is 20.7. The van der Waals surface area contributed by atoms with E-state index in [1.54, 1.807) is 24.3 Å². The van der Waals surface area contributed by atoms with Crippen LogP contribution in [0.25, 0.3) is 0 Å². The third kappa shape index (κ3) is 3.88. The summed E-state index contributed by atoms with van der Waals surface area (Å²) in [4.78, 5) is 24.8. The molecule has 2 atom stereocenters. The minimum atomic E-state index is -3.58. The van der Waals surface area contributed by atoms with E-state index in [0.29, 0.717) is 0 Å². The second-order valence-corrected chi connectivity index (χ2v) is 9.09. The molecule has 26 heavy (non-hydrogen) atoms. The number of hydrogen-bond donors (Lipinski definition) is 0. The molecule has 0 bridgehead atoms. The van der Waals surface area contributed by atoms with Gasteiger partial charge in [0.15, 0.2) is 15.3 Å². The van der Waals surface area contributed by atoms with Gasteiger partial charge in [-0.3, -0.25) is 9.59 Å². The van der Waals surface area contributed by atoms with Crippen LogP contribution in [0.1, 0.15) is 18.4 Å². The van der Waals surface area contributed by atoms with E-state index < -0.39 is 33.1 Å². The molecule has 2 unspecified atom stereocenters. The summed E-state index contributed by atoms with van der Waals surface area (Å²) in [6, 6.07) is 6.58. The maximum atomic E-state index is 12.8. The van der Waals surface area contributed by atoms with E-state index in [-0.39, 0.29) is 35.3 Å². The van der Waals surface area contributed by atoms with Gasteiger partial charge in [0, 0.05) is 5.88 Å². The van der Waals surface area contributed by atoms with Crippen LogP contribution < -0.4 is 0 Å². The lowest BCUT2D eigenvalue weighted by atomic mass is 9.85.